The summed E-state index contributed by atoms with van der Waals surface area (Å²) in [6, 6.07) is 5.14. The summed E-state index contributed by atoms with van der Waals surface area (Å²) < 4.78 is 10.0. The molecular formula is C35H45NO10. The molecule has 8 atom stereocenters. The van der Waals surface area contributed by atoms with E-state index in [2.05, 4.69) is 12.2 Å². The Labute approximate surface area is 268 Å². The normalized spacial score (nSPS) is 33.8. The molecule has 46 heavy (non-hydrogen) atoms. The maximum atomic E-state index is 13.5. The summed E-state index contributed by atoms with van der Waals surface area (Å²) in [5, 5.41) is 35.4. The number of rotatable bonds is 10. The van der Waals surface area contributed by atoms with Crippen LogP contribution in [0.2, 0.25) is 0 Å². The van der Waals surface area contributed by atoms with Crippen molar-refractivity contribution < 1.29 is 48.8 Å². The zero-order chi connectivity index (χ0) is 33.4. The number of hydrogen-bond donors (Lipinski definition) is 4. The van der Waals surface area contributed by atoms with E-state index in [9.17, 15) is 39.3 Å². The second kappa shape index (κ2) is 12.9. The van der Waals surface area contributed by atoms with Gasteiger partial charge in [0.2, 0.25) is 11.7 Å². The van der Waals surface area contributed by atoms with E-state index in [0.29, 0.717) is 24.8 Å². The Morgan fingerprint density at radius 3 is 2.46 bits per heavy atom. The lowest BCUT2D eigenvalue weighted by atomic mass is 9.45. The number of aliphatic hydroxyl groups is 2. The minimum atomic E-state index is -1.78. The van der Waals surface area contributed by atoms with Crippen LogP contribution in [0.25, 0.3) is 0 Å². The summed E-state index contributed by atoms with van der Waals surface area (Å²) >= 11 is 0. The summed E-state index contributed by atoms with van der Waals surface area (Å²) in [6.07, 6.45) is 4.23. The first-order chi connectivity index (χ1) is 21.7. The second-order valence-electron chi connectivity index (χ2n) is 14.1. The topological polar surface area (TPSA) is 177 Å². The van der Waals surface area contributed by atoms with Gasteiger partial charge in [-0.2, -0.15) is 0 Å². The fourth-order valence-electron chi connectivity index (χ4n) is 9.17. The fourth-order valence-corrected chi connectivity index (χ4v) is 9.17. The molecular weight excluding hydrogens is 594 g/mol. The Balaban J connectivity index is 1.16. The molecule has 5 rings (SSSR count). The number of phenols is 1. The SMILES string of the molecule is COC(=O)[C@H](Cc1ccc(O)cc1)NC(=O)CCC(=O)OCC(=O)[C@@]1(O)CC[C@@H]2[C@@H]3CCC4=CC(=O)CC[C@]4(C)[C@H]3[C@@H](O)C[C@@]21C. The number of allylic oxidation sites excluding steroid dienone is 1. The Kier molecular flexibility index (Phi) is 9.48. The van der Waals surface area contributed by atoms with Crippen molar-refractivity contribution in [3.8, 4) is 5.75 Å². The highest BCUT2D eigenvalue weighted by Crippen LogP contribution is 2.67. The van der Waals surface area contributed by atoms with Crippen LogP contribution in [0.5, 0.6) is 5.75 Å². The molecule has 1 aromatic rings. The molecule has 3 fully saturated rings. The average Bonchev–Trinajstić information content (AvgIpc) is 3.29. The number of esters is 2. The number of carbonyl (C=O) groups excluding carboxylic acids is 5. The van der Waals surface area contributed by atoms with E-state index in [0.717, 1.165) is 18.4 Å². The van der Waals surface area contributed by atoms with Crippen molar-refractivity contribution in [3.05, 3.63) is 41.5 Å². The van der Waals surface area contributed by atoms with Crippen LogP contribution in [0, 0.1) is 28.6 Å². The lowest BCUT2D eigenvalue weighted by Gasteiger charge is -2.60. The minimum Gasteiger partial charge on any atom is -0.508 e. The third-order valence-corrected chi connectivity index (χ3v) is 11.6. The molecule has 11 nitrogen and oxygen atoms in total. The smallest absolute Gasteiger partial charge is 0.328 e. The van der Waals surface area contributed by atoms with Gasteiger partial charge in [0, 0.05) is 24.7 Å². The van der Waals surface area contributed by atoms with Crippen molar-refractivity contribution in [1.82, 2.24) is 5.32 Å². The third-order valence-electron chi connectivity index (χ3n) is 11.6. The van der Waals surface area contributed by atoms with Gasteiger partial charge in [-0.25, -0.2) is 4.79 Å². The highest BCUT2D eigenvalue weighted by Gasteiger charge is 2.68. The minimum absolute atomic E-state index is 0.00502. The van der Waals surface area contributed by atoms with Gasteiger partial charge in [0.1, 0.15) is 17.4 Å². The maximum absolute atomic E-state index is 13.5. The zero-order valence-corrected chi connectivity index (χ0v) is 26.8. The van der Waals surface area contributed by atoms with Crippen LogP contribution < -0.4 is 5.32 Å². The van der Waals surface area contributed by atoms with Gasteiger partial charge in [-0.15, -0.1) is 0 Å². The largest absolute Gasteiger partial charge is 0.508 e. The highest BCUT2D eigenvalue weighted by atomic mass is 16.5. The summed E-state index contributed by atoms with van der Waals surface area (Å²) in [7, 11) is 1.20. The van der Waals surface area contributed by atoms with Gasteiger partial charge in [-0.1, -0.05) is 31.6 Å². The molecule has 4 aliphatic carbocycles. The summed E-state index contributed by atoms with van der Waals surface area (Å²) in [5.74, 6) is -2.45. The van der Waals surface area contributed by atoms with Crippen LogP contribution in [0.3, 0.4) is 0 Å². The van der Waals surface area contributed by atoms with Crippen LogP contribution in [0.1, 0.15) is 77.2 Å². The predicted octanol–water partition coefficient (Wildman–Crippen LogP) is 2.72. The molecule has 250 valence electrons. The van der Waals surface area contributed by atoms with Crippen LogP contribution in [-0.4, -0.2) is 76.2 Å². The monoisotopic (exact) mass is 639 g/mol. The first kappa shape index (κ1) is 33.8. The van der Waals surface area contributed by atoms with E-state index < -0.39 is 53.4 Å². The molecule has 11 heteroatoms. The van der Waals surface area contributed by atoms with Crippen LogP contribution >= 0.6 is 0 Å². The predicted molar refractivity (Wildman–Crippen MR) is 164 cm³/mol. The molecule has 3 saturated carbocycles. The molecule has 0 saturated heterocycles. The van der Waals surface area contributed by atoms with Crippen molar-refractivity contribution in [3.63, 3.8) is 0 Å². The Morgan fingerprint density at radius 1 is 1.04 bits per heavy atom. The third kappa shape index (κ3) is 6.11. The van der Waals surface area contributed by atoms with Gasteiger partial charge in [-0.3, -0.25) is 19.2 Å². The van der Waals surface area contributed by atoms with Gasteiger partial charge in [0.05, 0.1) is 19.6 Å². The number of phenolic OH excluding ortho intramolecular Hbond substituents is 1. The van der Waals surface area contributed by atoms with E-state index in [1.54, 1.807) is 18.2 Å². The molecule has 0 bridgehead atoms. The molecule has 1 aromatic carbocycles. The maximum Gasteiger partial charge on any atom is 0.328 e. The van der Waals surface area contributed by atoms with Crippen molar-refractivity contribution >= 4 is 29.4 Å². The van der Waals surface area contributed by atoms with Crippen molar-refractivity contribution in [1.29, 1.82) is 0 Å². The number of benzene rings is 1. The van der Waals surface area contributed by atoms with Crippen molar-refractivity contribution in [2.45, 2.75) is 95.8 Å². The number of ketones is 2. The number of amides is 1. The van der Waals surface area contributed by atoms with Gasteiger partial charge in [0.15, 0.2) is 12.4 Å². The molecule has 0 unspecified atom stereocenters. The summed E-state index contributed by atoms with van der Waals surface area (Å²) in [6.45, 7) is 3.36. The molecule has 0 aromatic heterocycles. The number of fused-ring (bicyclic) bond motifs is 5. The summed E-state index contributed by atoms with van der Waals surface area (Å²) in [4.78, 5) is 63.0. The second-order valence-corrected chi connectivity index (χ2v) is 14.1. The zero-order valence-electron chi connectivity index (χ0n) is 26.8. The molecule has 4 aliphatic rings. The number of aliphatic hydroxyl groups excluding tert-OH is 1. The Hall–Kier alpha value is -3.57. The van der Waals surface area contributed by atoms with Crippen molar-refractivity contribution in [2.24, 2.45) is 28.6 Å². The number of Topliss-reactive ketones (excluding diaryl/α,β-unsaturated/α-hetero) is 1. The van der Waals surface area contributed by atoms with E-state index in [1.807, 2.05) is 6.92 Å². The van der Waals surface area contributed by atoms with E-state index in [-0.39, 0.29) is 66.8 Å². The van der Waals surface area contributed by atoms with Crippen molar-refractivity contribution in [2.75, 3.05) is 13.7 Å². The number of nitrogens with one attached hydrogen (secondary N) is 1. The van der Waals surface area contributed by atoms with Gasteiger partial charge < -0.3 is 30.1 Å². The van der Waals surface area contributed by atoms with E-state index >= 15 is 0 Å². The summed E-state index contributed by atoms with van der Waals surface area (Å²) in [5.41, 5.74) is -1.18. The van der Waals surface area contributed by atoms with E-state index in [4.69, 9.17) is 9.47 Å². The molecule has 1 amide bonds. The molecule has 0 aliphatic heterocycles. The first-order valence-corrected chi connectivity index (χ1v) is 16.2. The average molecular weight is 640 g/mol. The standard InChI is InChI=1S/C35H45NO10/c1-33-14-12-23(38)17-21(33)6-9-24-25-13-15-35(44,34(25,2)18-27(39)31(24)33)28(40)19-46-30(42)11-10-29(41)36-26(32(43)45-3)16-20-4-7-22(37)8-5-20/h4-5,7-8,17,24-27,31,37,39,44H,6,9-16,18-19H2,1-3H3,(H,36,41)/t24-,25+,26-,27-,31+,33-,34-,35-/m0/s1. The number of hydrogen-bond acceptors (Lipinski definition) is 10. The Bertz CT molecular complexity index is 1420. The fraction of sp³-hybridized carbons (Fsp3) is 0.629. The molecule has 0 radical (unpaired) electrons. The number of methoxy groups -OCH3 is 1. The highest BCUT2D eigenvalue weighted by molar-refractivity contribution is 5.92. The lowest BCUT2D eigenvalue weighted by molar-refractivity contribution is -0.184. The van der Waals surface area contributed by atoms with Gasteiger partial charge >= 0.3 is 11.9 Å². The van der Waals surface area contributed by atoms with E-state index in [1.165, 1.54) is 19.2 Å². The molecule has 4 N–H and O–H groups in total. The molecule has 0 heterocycles. The number of ether oxygens (including phenoxy) is 2. The van der Waals surface area contributed by atoms with Crippen LogP contribution in [0.15, 0.2) is 35.9 Å². The number of aromatic hydroxyl groups is 1. The lowest BCUT2D eigenvalue weighted by Crippen LogP contribution is -2.62. The Morgan fingerprint density at radius 2 is 1.76 bits per heavy atom. The molecule has 0 spiro atoms. The van der Waals surface area contributed by atoms with Gasteiger partial charge in [0.25, 0.3) is 0 Å². The van der Waals surface area contributed by atoms with Gasteiger partial charge in [-0.05, 0) is 85.5 Å². The van der Waals surface area contributed by atoms with Crippen LogP contribution in [0.4, 0.5) is 0 Å². The number of carbonyl (C=O) groups is 5. The quantitative estimate of drug-likeness (QED) is 0.279. The first-order valence-electron chi connectivity index (χ1n) is 16.2. The van der Waals surface area contributed by atoms with Crippen LogP contribution in [-0.2, 0) is 39.9 Å².